The van der Waals surface area contributed by atoms with Gasteiger partial charge in [0.2, 0.25) is 5.91 Å². The molecule has 26 heavy (non-hydrogen) atoms. The molecule has 4 fully saturated rings. The van der Waals surface area contributed by atoms with Crippen molar-refractivity contribution in [2.75, 3.05) is 12.4 Å². The third-order valence-corrected chi connectivity index (χ3v) is 9.69. The summed E-state index contributed by atoms with van der Waals surface area (Å²) in [4.78, 5) is 12.4. The molecule has 1 amide bonds. The van der Waals surface area contributed by atoms with Crippen LogP contribution in [-0.4, -0.2) is 44.1 Å². The Kier molecular flexibility index (Phi) is 5.61. The molecule has 3 saturated carbocycles. The molecule has 0 aromatic carbocycles. The second-order valence-corrected chi connectivity index (χ2v) is 11.4. The van der Waals surface area contributed by atoms with E-state index in [9.17, 15) is 13.2 Å². The number of nitrogens with one attached hydrogen (secondary N) is 1. The Balaban J connectivity index is 1.26. The van der Waals surface area contributed by atoms with Crippen LogP contribution in [0.1, 0.15) is 70.6 Å². The Morgan fingerprint density at radius 3 is 2.65 bits per heavy atom. The van der Waals surface area contributed by atoms with Gasteiger partial charge in [0.15, 0.2) is 9.84 Å². The molecule has 1 N–H and O–H groups in total. The number of amides is 1. The van der Waals surface area contributed by atoms with Gasteiger partial charge in [0.25, 0.3) is 0 Å². The van der Waals surface area contributed by atoms with E-state index in [1.54, 1.807) is 0 Å². The molecule has 4 rings (SSSR count). The molecule has 1 saturated heterocycles. The number of rotatable bonds is 5. The predicted octanol–water partition coefficient (Wildman–Crippen LogP) is 2.83. The van der Waals surface area contributed by atoms with Crippen LogP contribution in [0.4, 0.5) is 0 Å². The summed E-state index contributed by atoms with van der Waals surface area (Å²) in [6.45, 7) is 0.583. The molecule has 0 radical (unpaired) electrons. The molecule has 148 valence electrons. The zero-order valence-corrected chi connectivity index (χ0v) is 16.5. The van der Waals surface area contributed by atoms with Gasteiger partial charge in [0.05, 0.1) is 29.8 Å². The van der Waals surface area contributed by atoms with Crippen molar-refractivity contribution in [1.82, 2.24) is 5.32 Å². The van der Waals surface area contributed by atoms with Crippen LogP contribution in [0.25, 0.3) is 0 Å². The minimum absolute atomic E-state index is 0.00254. The van der Waals surface area contributed by atoms with Gasteiger partial charge in [0, 0.05) is 12.3 Å². The standard InChI is InChI=1S/C20H33NO4S/c22-20(21-18-13-25-19-7-2-1-6-17(18)19)10-11-26(23,24)16-9-8-14-4-3-5-15(14)12-16/h14-19H,1-13H2,(H,21,22)/t14?,15?,16?,17?,18-,19?/m0/s1. The van der Waals surface area contributed by atoms with E-state index >= 15 is 0 Å². The SMILES string of the molecule is O=C(CCS(=O)(=O)C1CCC2CCCC2C1)N[C@H]1COC2CCCCC21. The van der Waals surface area contributed by atoms with Crippen LogP contribution in [0.15, 0.2) is 0 Å². The Labute approximate surface area is 157 Å². The smallest absolute Gasteiger partial charge is 0.221 e. The quantitative estimate of drug-likeness (QED) is 0.792. The van der Waals surface area contributed by atoms with Crippen molar-refractivity contribution in [2.24, 2.45) is 17.8 Å². The van der Waals surface area contributed by atoms with E-state index in [1.165, 1.54) is 32.1 Å². The highest BCUT2D eigenvalue weighted by Crippen LogP contribution is 2.44. The average Bonchev–Trinajstić information content (AvgIpc) is 3.27. The highest BCUT2D eigenvalue weighted by Gasteiger charge is 2.40. The van der Waals surface area contributed by atoms with Crippen molar-refractivity contribution >= 4 is 15.7 Å². The minimum atomic E-state index is -3.17. The van der Waals surface area contributed by atoms with Gasteiger partial charge < -0.3 is 10.1 Å². The summed E-state index contributed by atoms with van der Waals surface area (Å²) in [5, 5.41) is 2.85. The topological polar surface area (TPSA) is 72.5 Å². The lowest BCUT2D eigenvalue weighted by Gasteiger charge is -2.31. The van der Waals surface area contributed by atoms with Crippen LogP contribution in [0, 0.1) is 17.8 Å². The Morgan fingerprint density at radius 1 is 0.962 bits per heavy atom. The summed E-state index contributed by atoms with van der Waals surface area (Å²) >= 11 is 0. The Bertz CT molecular complexity index is 619. The zero-order valence-electron chi connectivity index (χ0n) is 15.7. The molecule has 5 nitrogen and oxygen atoms in total. The first kappa shape index (κ1) is 18.7. The number of ether oxygens (including phenoxy) is 1. The van der Waals surface area contributed by atoms with Crippen LogP contribution in [0.2, 0.25) is 0 Å². The second-order valence-electron chi connectivity index (χ2n) is 9.00. The van der Waals surface area contributed by atoms with Crippen LogP contribution in [0.5, 0.6) is 0 Å². The van der Waals surface area contributed by atoms with E-state index in [4.69, 9.17) is 4.74 Å². The summed E-state index contributed by atoms with van der Waals surface area (Å²) in [5.74, 6) is 1.67. The molecule has 0 aromatic heterocycles. The molecule has 0 aromatic rings. The summed E-state index contributed by atoms with van der Waals surface area (Å²) < 4.78 is 31.3. The van der Waals surface area contributed by atoms with Gasteiger partial charge in [-0.2, -0.15) is 0 Å². The fourth-order valence-corrected chi connectivity index (χ4v) is 7.80. The van der Waals surface area contributed by atoms with Gasteiger partial charge in [-0.15, -0.1) is 0 Å². The molecule has 1 aliphatic heterocycles. The maximum Gasteiger partial charge on any atom is 0.221 e. The lowest BCUT2D eigenvalue weighted by Crippen LogP contribution is -2.42. The van der Waals surface area contributed by atoms with Crippen molar-refractivity contribution in [2.45, 2.75) is 88.0 Å². The first-order valence-corrected chi connectivity index (χ1v) is 12.4. The maximum atomic E-state index is 12.7. The molecular weight excluding hydrogens is 350 g/mol. The Morgan fingerprint density at radius 2 is 1.77 bits per heavy atom. The van der Waals surface area contributed by atoms with Crippen molar-refractivity contribution in [3.05, 3.63) is 0 Å². The normalized spacial score (nSPS) is 40.0. The number of hydrogen-bond donors (Lipinski definition) is 1. The monoisotopic (exact) mass is 383 g/mol. The molecule has 5 unspecified atom stereocenters. The molecule has 1 heterocycles. The van der Waals surface area contributed by atoms with Gasteiger partial charge in [-0.25, -0.2) is 8.42 Å². The molecule has 0 spiro atoms. The first-order valence-electron chi connectivity index (χ1n) is 10.7. The molecule has 6 heteroatoms. The van der Waals surface area contributed by atoms with Crippen LogP contribution in [0.3, 0.4) is 0 Å². The summed E-state index contributed by atoms with van der Waals surface area (Å²) in [7, 11) is -3.17. The number of carbonyl (C=O) groups excluding carboxylic acids is 1. The molecule has 4 aliphatic rings. The lowest BCUT2D eigenvalue weighted by molar-refractivity contribution is -0.121. The number of sulfone groups is 1. The fourth-order valence-electron chi connectivity index (χ4n) is 5.96. The molecule has 3 aliphatic carbocycles. The van der Waals surface area contributed by atoms with E-state index < -0.39 is 9.84 Å². The van der Waals surface area contributed by atoms with Crippen molar-refractivity contribution in [1.29, 1.82) is 0 Å². The summed E-state index contributed by atoms with van der Waals surface area (Å²) in [5.41, 5.74) is 0. The number of fused-ring (bicyclic) bond motifs is 2. The zero-order chi connectivity index (χ0) is 18.1. The van der Waals surface area contributed by atoms with Gasteiger partial charge in [-0.1, -0.05) is 32.1 Å². The van der Waals surface area contributed by atoms with Gasteiger partial charge >= 0.3 is 0 Å². The highest BCUT2D eigenvalue weighted by atomic mass is 32.2. The van der Waals surface area contributed by atoms with Crippen LogP contribution >= 0.6 is 0 Å². The highest BCUT2D eigenvalue weighted by molar-refractivity contribution is 7.92. The summed E-state index contributed by atoms with van der Waals surface area (Å²) in [6.07, 6.45) is 11.4. The van der Waals surface area contributed by atoms with Crippen LogP contribution in [-0.2, 0) is 19.4 Å². The predicted molar refractivity (Wildman–Crippen MR) is 101 cm³/mol. The van der Waals surface area contributed by atoms with Gasteiger partial charge in [0.1, 0.15) is 0 Å². The summed E-state index contributed by atoms with van der Waals surface area (Å²) in [6, 6.07) is 0.0735. The average molecular weight is 384 g/mol. The first-order chi connectivity index (χ1) is 12.5. The third-order valence-electron chi connectivity index (χ3n) is 7.47. The fraction of sp³-hybridized carbons (Fsp3) is 0.950. The van der Waals surface area contributed by atoms with Crippen LogP contribution < -0.4 is 5.32 Å². The van der Waals surface area contributed by atoms with E-state index in [0.29, 0.717) is 24.5 Å². The number of hydrogen-bond acceptors (Lipinski definition) is 4. The van der Waals surface area contributed by atoms with E-state index in [1.807, 2.05) is 0 Å². The van der Waals surface area contributed by atoms with Crippen molar-refractivity contribution in [3.8, 4) is 0 Å². The third kappa shape index (κ3) is 3.96. The van der Waals surface area contributed by atoms with Gasteiger partial charge in [-0.3, -0.25) is 4.79 Å². The molecular formula is C20H33NO4S. The number of carbonyl (C=O) groups is 1. The second kappa shape index (κ2) is 7.78. The van der Waals surface area contributed by atoms with Gasteiger partial charge in [-0.05, 0) is 43.9 Å². The maximum absolute atomic E-state index is 12.7. The van der Waals surface area contributed by atoms with Crippen molar-refractivity contribution < 1.29 is 17.9 Å². The van der Waals surface area contributed by atoms with Crippen molar-refractivity contribution in [3.63, 3.8) is 0 Å². The molecule has 0 bridgehead atoms. The van der Waals surface area contributed by atoms with E-state index in [0.717, 1.165) is 38.0 Å². The largest absolute Gasteiger partial charge is 0.376 e. The molecule has 6 atom stereocenters. The van der Waals surface area contributed by atoms with E-state index in [-0.39, 0.29) is 29.4 Å². The Hall–Kier alpha value is -0.620. The minimum Gasteiger partial charge on any atom is -0.376 e. The lowest BCUT2D eigenvalue weighted by atomic mass is 9.81. The van der Waals surface area contributed by atoms with E-state index in [2.05, 4.69) is 5.32 Å².